The van der Waals surface area contributed by atoms with Gasteiger partial charge in [0.25, 0.3) is 12.0 Å². The molecule has 1 aliphatic rings. The number of pyridine rings is 1. The van der Waals surface area contributed by atoms with Crippen molar-refractivity contribution in [1.82, 2.24) is 24.2 Å². The van der Waals surface area contributed by atoms with Gasteiger partial charge in [0, 0.05) is 42.5 Å². The number of halogens is 5. The number of aryl methyl sites for hydroxylation is 1. The number of benzene rings is 1. The zero-order valence-electron chi connectivity index (χ0n) is 21.6. The van der Waals surface area contributed by atoms with E-state index in [9.17, 15) is 31.5 Å². The van der Waals surface area contributed by atoms with Gasteiger partial charge in [-0.1, -0.05) is 12.1 Å². The van der Waals surface area contributed by atoms with Crippen LogP contribution < -0.4 is 11.4 Å². The number of rotatable bonds is 6. The van der Waals surface area contributed by atoms with Crippen LogP contribution in [-0.4, -0.2) is 80.2 Å². The Morgan fingerprint density at radius 3 is 2.22 bits per heavy atom. The fourth-order valence-electron chi connectivity index (χ4n) is 3.71. The fraction of sp³-hybridized carbons (Fsp3) is 0.320. The minimum atomic E-state index is -5.08. The van der Waals surface area contributed by atoms with Crippen LogP contribution in [0.15, 0.2) is 59.3 Å². The number of carbonyl (C=O) groups is 2. The molecule has 3 aromatic rings. The molecule has 0 bridgehead atoms. The number of carboxylic acids is 1. The van der Waals surface area contributed by atoms with Gasteiger partial charge in [-0.05, 0) is 36.2 Å². The zero-order chi connectivity index (χ0) is 30.3. The molecule has 1 fully saturated rings. The van der Waals surface area contributed by atoms with E-state index >= 15 is 0 Å². The van der Waals surface area contributed by atoms with Gasteiger partial charge >= 0.3 is 17.8 Å². The third-order valence-electron chi connectivity index (χ3n) is 5.87. The highest BCUT2D eigenvalue weighted by atomic mass is 19.4. The smallest absolute Gasteiger partial charge is 0.475 e. The van der Waals surface area contributed by atoms with Crippen molar-refractivity contribution in [3.8, 4) is 16.9 Å². The van der Waals surface area contributed by atoms with Crippen LogP contribution in [0.1, 0.15) is 15.9 Å². The van der Waals surface area contributed by atoms with E-state index in [-0.39, 0.29) is 18.0 Å². The predicted molar refractivity (Wildman–Crippen MR) is 135 cm³/mol. The van der Waals surface area contributed by atoms with Crippen molar-refractivity contribution in [3.63, 3.8) is 0 Å². The van der Waals surface area contributed by atoms with Crippen LogP contribution in [-0.2, 0) is 16.1 Å². The highest BCUT2D eigenvalue weighted by Gasteiger charge is 2.38. The summed E-state index contributed by atoms with van der Waals surface area (Å²) in [6.07, 6.45) is -4.15. The van der Waals surface area contributed by atoms with Gasteiger partial charge in [-0.3, -0.25) is 4.79 Å². The maximum Gasteiger partial charge on any atom is 0.490 e. The summed E-state index contributed by atoms with van der Waals surface area (Å²) in [6, 6.07) is 9.10. The second-order valence-electron chi connectivity index (χ2n) is 8.66. The van der Waals surface area contributed by atoms with Crippen LogP contribution in [0.25, 0.3) is 16.9 Å². The molecule has 1 aromatic carbocycles. The fourth-order valence-corrected chi connectivity index (χ4v) is 3.71. The molecular formula is C25H25F5N6O5. The predicted octanol–water partition coefficient (Wildman–Crippen LogP) is 2.62. The Bertz CT molecular complexity index is 1470. The quantitative estimate of drug-likeness (QED) is 0.421. The van der Waals surface area contributed by atoms with Crippen molar-refractivity contribution >= 4 is 11.9 Å². The molecule has 41 heavy (non-hydrogen) atoms. The lowest BCUT2D eigenvalue weighted by atomic mass is 10.0. The Morgan fingerprint density at radius 2 is 1.71 bits per heavy atom. The maximum atomic E-state index is 12.9. The first-order valence-corrected chi connectivity index (χ1v) is 12.0. The molecule has 11 nitrogen and oxygen atoms in total. The minimum Gasteiger partial charge on any atom is -0.475 e. The number of hydrogen-bond donors (Lipinski definition) is 2. The summed E-state index contributed by atoms with van der Waals surface area (Å²) >= 11 is 0. The molecule has 0 aliphatic carbocycles. The SMILES string of the molecule is Cc1cc(-c2ccc(C(=O)N3CCOCC3)cc2)cnc1-n1cnn(CC(CN)=C(F)F)c1=O.O=C(O)C(F)(F)F. The first kappa shape index (κ1) is 31.1. The van der Waals surface area contributed by atoms with Gasteiger partial charge in [-0.2, -0.15) is 27.1 Å². The molecule has 0 saturated carbocycles. The van der Waals surface area contributed by atoms with Crippen molar-refractivity contribution in [1.29, 1.82) is 0 Å². The molecule has 0 atom stereocenters. The van der Waals surface area contributed by atoms with Crippen LogP contribution >= 0.6 is 0 Å². The van der Waals surface area contributed by atoms with Gasteiger partial charge in [-0.25, -0.2) is 23.8 Å². The van der Waals surface area contributed by atoms with Gasteiger partial charge in [0.15, 0.2) is 0 Å². The number of aromatic nitrogens is 4. The van der Waals surface area contributed by atoms with Crippen molar-refractivity contribution in [3.05, 3.63) is 76.1 Å². The summed E-state index contributed by atoms with van der Waals surface area (Å²) in [6.45, 7) is 3.27. The molecule has 16 heteroatoms. The van der Waals surface area contributed by atoms with Crippen molar-refractivity contribution < 1.29 is 41.4 Å². The van der Waals surface area contributed by atoms with E-state index < -0.39 is 30.5 Å². The molecule has 3 N–H and O–H groups in total. The van der Waals surface area contributed by atoms with E-state index in [0.29, 0.717) is 43.2 Å². The van der Waals surface area contributed by atoms with Crippen LogP contribution in [0.5, 0.6) is 0 Å². The summed E-state index contributed by atoms with van der Waals surface area (Å²) in [7, 11) is 0. The highest BCUT2D eigenvalue weighted by Crippen LogP contribution is 2.23. The molecule has 1 aliphatic heterocycles. The molecule has 1 amide bonds. The first-order valence-electron chi connectivity index (χ1n) is 12.0. The normalized spacial score (nSPS) is 13.3. The third kappa shape index (κ3) is 7.82. The van der Waals surface area contributed by atoms with Crippen LogP contribution in [0.2, 0.25) is 0 Å². The Balaban J connectivity index is 0.000000587. The van der Waals surface area contributed by atoms with E-state index in [4.69, 9.17) is 20.4 Å². The lowest BCUT2D eigenvalue weighted by molar-refractivity contribution is -0.192. The molecule has 1 saturated heterocycles. The molecule has 0 radical (unpaired) electrons. The average molecular weight is 585 g/mol. The van der Waals surface area contributed by atoms with E-state index in [1.54, 1.807) is 30.2 Å². The van der Waals surface area contributed by atoms with Crippen molar-refractivity contribution in [2.75, 3.05) is 32.8 Å². The number of alkyl halides is 3. The number of nitrogens with zero attached hydrogens (tertiary/aromatic N) is 5. The monoisotopic (exact) mass is 584 g/mol. The minimum absolute atomic E-state index is 0.0313. The van der Waals surface area contributed by atoms with Crippen molar-refractivity contribution in [2.24, 2.45) is 5.73 Å². The highest BCUT2D eigenvalue weighted by molar-refractivity contribution is 5.94. The lowest BCUT2D eigenvalue weighted by Gasteiger charge is -2.26. The number of hydrogen-bond acceptors (Lipinski definition) is 7. The van der Waals surface area contributed by atoms with E-state index in [0.717, 1.165) is 15.8 Å². The number of ether oxygens (including phenoxy) is 1. The van der Waals surface area contributed by atoms with Gasteiger partial charge < -0.3 is 20.5 Å². The largest absolute Gasteiger partial charge is 0.490 e. The Kier molecular flexibility index (Phi) is 10.1. The topological polar surface area (TPSA) is 146 Å². The summed E-state index contributed by atoms with van der Waals surface area (Å²) in [4.78, 5) is 40.3. The molecule has 220 valence electrons. The Labute approximate surface area is 229 Å². The van der Waals surface area contributed by atoms with E-state index in [1.165, 1.54) is 10.9 Å². The first-order chi connectivity index (χ1) is 19.3. The summed E-state index contributed by atoms with van der Waals surface area (Å²) in [5, 5.41) is 11.0. The number of carboxylic acid groups (broad SMARTS) is 1. The summed E-state index contributed by atoms with van der Waals surface area (Å²) in [5.41, 5.74) is 7.33. The third-order valence-corrected chi connectivity index (χ3v) is 5.87. The second-order valence-corrected chi connectivity index (χ2v) is 8.66. The molecule has 0 unspecified atom stereocenters. The van der Waals surface area contributed by atoms with E-state index in [2.05, 4.69) is 10.1 Å². The number of nitrogens with two attached hydrogens (primary N) is 1. The Hall–Kier alpha value is -4.44. The number of amides is 1. The molecule has 3 heterocycles. The van der Waals surface area contributed by atoms with Gasteiger partial charge in [0.05, 0.1) is 19.8 Å². The van der Waals surface area contributed by atoms with Crippen LogP contribution in [0, 0.1) is 6.92 Å². The zero-order valence-corrected chi connectivity index (χ0v) is 21.6. The van der Waals surface area contributed by atoms with Gasteiger partial charge in [-0.15, -0.1) is 0 Å². The number of carbonyl (C=O) groups excluding carboxylic acids is 1. The molecule has 4 rings (SSSR count). The molecule has 0 spiro atoms. The summed E-state index contributed by atoms with van der Waals surface area (Å²) in [5.74, 6) is -2.44. The molecular weight excluding hydrogens is 559 g/mol. The van der Waals surface area contributed by atoms with Gasteiger partial charge in [0.1, 0.15) is 12.1 Å². The lowest BCUT2D eigenvalue weighted by Crippen LogP contribution is -2.40. The average Bonchev–Trinajstić information content (AvgIpc) is 3.30. The summed E-state index contributed by atoms with van der Waals surface area (Å²) < 4.78 is 64.9. The van der Waals surface area contributed by atoms with E-state index in [1.807, 2.05) is 18.2 Å². The number of aliphatic carboxylic acids is 1. The van der Waals surface area contributed by atoms with Gasteiger partial charge in [0.2, 0.25) is 0 Å². The van der Waals surface area contributed by atoms with Crippen molar-refractivity contribution in [2.45, 2.75) is 19.6 Å². The molecule has 2 aromatic heterocycles. The van der Waals surface area contributed by atoms with Crippen LogP contribution in [0.4, 0.5) is 22.0 Å². The maximum absolute atomic E-state index is 12.9. The second kappa shape index (κ2) is 13.3. The standard InChI is InChI=1S/C23H24F2N6O3.C2HF3O2/c1-15-10-18(16-2-4-17(5-3-16)22(32)29-6-8-34-9-7-29)12-27-21(15)30-14-28-31(23(30)33)13-19(11-26)20(24)25;3-2(4,5)1(6)7/h2-5,10,12,14H,6-9,11,13,26H2,1H3;(H,6,7). The van der Waals surface area contributed by atoms with Crippen LogP contribution in [0.3, 0.4) is 0 Å². The number of morpholine rings is 1. The Morgan fingerprint density at radius 1 is 1.10 bits per heavy atom.